The highest BCUT2D eigenvalue weighted by molar-refractivity contribution is 5.85. The molecule has 5 rings (SSSR count). The Morgan fingerprint density at radius 2 is 1.35 bits per heavy atom. The van der Waals surface area contributed by atoms with Crippen LogP contribution in [0.4, 0.5) is 0 Å². The van der Waals surface area contributed by atoms with Crippen LogP contribution in [0.2, 0.25) is 0 Å². The Kier molecular flexibility index (Phi) is 6.74. The Balaban J connectivity index is 0.00000231. The maximum Gasteiger partial charge on any atom is 0.308 e. The van der Waals surface area contributed by atoms with E-state index in [9.17, 15) is 4.79 Å². The number of carbonyl (C=O) groups is 1. The number of piperidine rings is 1. The van der Waals surface area contributed by atoms with Crippen molar-refractivity contribution >= 4 is 18.4 Å². The summed E-state index contributed by atoms with van der Waals surface area (Å²) in [5.41, 5.74) is 5.70. The third kappa shape index (κ3) is 4.39. The van der Waals surface area contributed by atoms with E-state index in [0.29, 0.717) is 6.42 Å². The highest BCUT2D eigenvalue weighted by atomic mass is 35.5. The summed E-state index contributed by atoms with van der Waals surface area (Å²) in [5.74, 6) is -0.133. The van der Waals surface area contributed by atoms with Crippen LogP contribution in [-0.4, -0.2) is 24.0 Å². The molecule has 0 saturated carbocycles. The highest BCUT2D eigenvalue weighted by Gasteiger charge is 2.32. The molecule has 1 atom stereocenters. The lowest BCUT2D eigenvalue weighted by Gasteiger charge is -2.34. The molecule has 160 valence electrons. The Hall–Kier alpha value is -2.62. The predicted molar refractivity (Wildman–Crippen MR) is 126 cm³/mol. The topological polar surface area (TPSA) is 29.5 Å². The molecule has 1 aliphatic heterocycles. The molecule has 1 heterocycles. The van der Waals surface area contributed by atoms with E-state index in [0.717, 1.165) is 24.2 Å². The molecule has 3 aromatic carbocycles. The van der Waals surface area contributed by atoms with Gasteiger partial charge in [-0.3, -0.25) is 9.69 Å². The first-order valence-corrected chi connectivity index (χ1v) is 11.0. The summed E-state index contributed by atoms with van der Waals surface area (Å²) in [5, 5.41) is 0. The number of hydrogen-bond donors (Lipinski definition) is 0. The van der Waals surface area contributed by atoms with Crippen LogP contribution in [0.15, 0.2) is 78.9 Å². The van der Waals surface area contributed by atoms with Gasteiger partial charge in [-0.2, -0.15) is 0 Å². The minimum Gasteiger partial charge on any atom is -0.452 e. The molecule has 0 radical (unpaired) electrons. The summed E-state index contributed by atoms with van der Waals surface area (Å²) < 4.78 is 6.14. The lowest BCUT2D eigenvalue weighted by Crippen LogP contribution is -2.35. The molecule has 1 saturated heterocycles. The standard InChI is InChI=1S/C27H27NO2.ClH/c29-26(19-25(20-11-3-1-4-12-20)28-17-9-2-10-18-28)30-27-23-15-7-5-13-21(23)22-14-6-8-16-24(22)27;/h1,3-8,11-16,25,27H,2,9-10,17-19H2;1H. The molecule has 0 N–H and O–H groups in total. The molecule has 3 aromatic rings. The smallest absolute Gasteiger partial charge is 0.308 e. The van der Waals surface area contributed by atoms with E-state index in [2.05, 4.69) is 53.4 Å². The van der Waals surface area contributed by atoms with E-state index in [1.807, 2.05) is 30.3 Å². The summed E-state index contributed by atoms with van der Waals surface area (Å²) in [7, 11) is 0. The molecule has 2 aliphatic rings. The van der Waals surface area contributed by atoms with Crippen LogP contribution >= 0.6 is 12.4 Å². The second-order valence-corrected chi connectivity index (χ2v) is 8.27. The number of hydrogen-bond acceptors (Lipinski definition) is 3. The van der Waals surface area contributed by atoms with Crippen molar-refractivity contribution in [3.63, 3.8) is 0 Å². The van der Waals surface area contributed by atoms with Gasteiger partial charge in [-0.15, -0.1) is 12.4 Å². The van der Waals surface area contributed by atoms with E-state index >= 15 is 0 Å². The van der Waals surface area contributed by atoms with Crippen molar-refractivity contribution in [2.75, 3.05) is 13.1 Å². The minimum atomic E-state index is -0.317. The Morgan fingerprint density at radius 1 is 0.806 bits per heavy atom. The summed E-state index contributed by atoms with van der Waals surface area (Å²) in [6.45, 7) is 2.09. The number of carbonyl (C=O) groups excluding carboxylic acids is 1. The Morgan fingerprint density at radius 3 is 1.97 bits per heavy atom. The lowest BCUT2D eigenvalue weighted by molar-refractivity contribution is -0.149. The van der Waals surface area contributed by atoms with Crippen LogP contribution in [0.25, 0.3) is 11.1 Å². The van der Waals surface area contributed by atoms with Crippen molar-refractivity contribution in [2.45, 2.75) is 37.8 Å². The van der Waals surface area contributed by atoms with Crippen molar-refractivity contribution in [3.8, 4) is 11.1 Å². The average Bonchev–Trinajstić information content (AvgIpc) is 3.12. The number of benzene rings is 3. The first-order valence-electron chi connectivity index (χ1n) is 11.0. The fourth-order valence-corrected chi connectivity index (χ4v) is 4.94. The molecule has 31 heavy (non-hydrogen) atoms. The van der Waals surface area contributed by atoms with Crippen LogP contribution < -0.4 is 0 Å². The van der Waals surface area contributed by atoms with Gasteiger partial charge in [0.15, 0.2) is 6.10 Å². The zero-order valence-electron chi connectivity index (χ0n) is 17.6. The molecule has 1 aliphatic carbocycles. The molecule has 0 bridgehead atoms. The summed E-state index contributed by atoms with van der Waals surface area (Å²) in [4.78, 5) is 15.7. The average molecular weight is 434 g/mol. The number of fused-ring (bicyclic) bond motifs is 3. The van der Waals surface area contributed by atoms with Crippen LogP contribution in [0.5, 0.6) is 0 Å². The maximum atomic E-state index is 13.2. The van der Waals surface area contributed by atoms with Crippen molar-refractivity contribution in [1.82, 2.24) is 4.90 Å². The third-order valence-corrected chi connectivity index (χ3v) is 6.40. The fraction of sp³-hybridized carbons (Fsp3) is 0.296. The number of nitrogens with zero attached hydrogens (tertiary/aromatic N) is 1. The van der Waals surface area contributed by atoms with Gasteiger partial charge in [0, 0.05) is 17.2 Å². The zero-order valence-corrected chi connectivity index (χ0v) is 18.4. The fourth-order valence-electron chi connectivity index (χ4n) is 4.94. The van der Waals surface area contributed by atoms with Gasteiger partial charge in [0.05, 0.1) is 6.42 Å². The van der Waals surface area contributed by atoms with Gasteiger partial charge in [0.2, 0.25) is 0 Å². The minimum absolute atomic E-state index is 0. The van der Waals surface area contributed by atoms with Gasteiger partial charge in [-0.1, -0.05) is 85.3 Å². The molecule has 0 amide bonds. The van der Waals surface area contributed by atoms with Crippen molar-refractivity contribution < 1.29 is 9.53 Å². The Bertz CT molecular complexity index is 985. The second kappa shape index (κ2) is 9.67. The van der Waals surface area contributed by atoms with Gasteiger partial charge in [-0.05, 0) is 42.6 Å². The van der Waals surface area contributed by atoms with Crippen LogP contribution in [0.3, 0.4) is 0 Å². The number of rotatable bonds is 5. The van der Waals surface area contributed by atoms with Gasteiger partial charge < -0.3 is 4.74 Å². The van der Waals surface area contributed by atoms with Gasteiger partial charge in [0.1, 0.15) is 0 Å². The number of halogens is 1. The molecule has 0 spiro atoms. The van der Waals surface area contributed by atoms with Gasteiger partial charge >= 0.3 is 5.97 Å². The van der Waals surface area contributed by atoms with E-state index in [1.165, 1.54) is 36.0 Å². The van der Waals surface area contributed by atoms with Crippen molar-refractivity contribution in [2.24, 2.45) is 0 Å². The van der Waals surface area contributed by atoms with Crippen molar-refractivity contribution in [3.05, 3.63) is 95.6 Å². The molecule has 1 fully saturated rings. The van der Waals surface area contributed by atoms with E-state index in [1.54, 1.807) is 0 Å². The van der Waals surface area contributed by atoms with Gasteiger partial charge in [0.25, 0.3) is 0 Å². The predicted octanol–water partition coefficient (Wildman–Crippen LogP) is 6.34. The molecular weight excluding hydrogens is 406 g/mol. The van der Waals surface area contributed by atoms with E-state index in [-0.39, 0.29) is 30.5 Å². The molecule has 0 aromatic heterocycles. The van der Waals surface area contributed by atoms with Crippen LogP contribution in [0, 0.1) is 0 Å². The van der Waals surface area contributed by atoms with Crippen molar-refractivity contribution in [1.29, 1.82) is 0 Å². The quantitative estimate of drug-likeness (QED) is 0.440. The monoisotopic (exact) mass is 433 g/mol. The largest absolute Gasteiger partial charge is 0.452 e. The first-order chi connectivity index (χ1) is 14.8. The number of esters is 1. The van der Waals surface area contributed by atoms with Gasteiger partial charge in [-0.25, -0.2) is 0 Å². The Labute approximate surface area is 190 Å². The molecular formula is C27H28ClNO2. The van der Waals surface area contributed by atoms with Crippen LogP contribution in [0.1, 0.15) is 54.5 Å². The van der Waals surface area contributed by atoms with E-state index in [4.69, 9.17) is 4.74 Å². The molecule has 1 unspecified atom stereocenters. The second-order valence-electron chi connectivity index (χ2n) is 8.27. The molecule has 4 heteroatoms. The number of likely N-dealkylation sites (tertiary alicyclic amines) is 1. The molecule has 3 nitrogen and oxygen atoms in total. The number of ether oxygens (including phenoxy) is 1. The first kappa shape index (κ1) is 21.6. The third-order valence-electron chi connectivity index (χ3n) is 6.40. The zero-order chi connectivity index (χ0) is 20.3. The van der Waals surface area contributed by atoms with Crippen LogP contribution in [-0.2, 0) is 9.53 Å². The summed E-state index contributed by atoms with van der Waals surface area (Å²) in [6, 6.07) is 27.0. The summed E-state index contributed by atoms with van der Waals surface area (Å²) >= 11 is 0. The summed E-state index contributed by atoms with van der Waals surface area (Å²) in [6.07, 6.45) is 3.73. The normalized spacial score (nSPS) is 16.6. The lowest BCUT2D eigenvalue weighted by atomic mass is 9.99. The van der Waals surface area contributed by atoms with E-state index < -0.39 is 0 Å². The SMILES string of the molecule is Cl.O=C(CC(c1ccccc1)N1CCCCC1)OC1c2ccccc2-c2ccccc21. The highest BCUT2D eigenvalue weighted by Crippen LogP contribution is 2.45. The maximum absolute atomic E-state index is 13.2.